The number of nitrogens with zero attached hydrogens (tertiary/aromatic N) is 3. The van der Waals surface area contributed by atoms with Gasteiger partial charge in [0.25, 0.3) is 11.6 Å². The molecule has 2 heterocycles. The van der Waals surface area contributed by atoms with E-state index in [2.05, 4.69) is 22.5 Å². The smallest absolute Gasteiger partial charge is 0.329 e. The molecule has 3 aromatic rings. The van der Waals surface area contributed by atoms with Crippen LogP contribution in [0.5, 0.6) is 0 Å². The molecule has 11 nitrogen and oxygen atoms in total. The largest absolute Gasteiger partial charge is 0.352 e. The van der Waals surface area contributed by atoms with Gasteiger partial charge in [-0.1, -0.05) is 11.8 Å². The molecular weight excluding hydrogens is 466 g/mol. The molecule has 4 rings (SSSR count). The van der Waals surface area contributed by atoms with Gasteiger partial charge in [0.05, 0.1) is 16.0 Å². The topological polar surface area (TPSA) is 145 Å². The highest BCUT2D eigenvalue weighted by atomic mass is 16.6. The number of carbonyl (C=O) groups is 3. The predicted octanol–water partition coefficient (Wildman–Crippen LogP) is 1.79. The minimum absolute atomic E-state index is 0.0763. The second-order valence-electron chi connectivity index (χ2n) is 8.35. The fraction of sp³-hybridized carbons (Fsp3) is 0.280. The van der Waals surface area contributed by atoms with E-state index in [1.165, 1.54) is 33.4 Å². The van der Waals surface area contributed by atoms with Crippen LogP contribution in [0.4, 0.5) is 5.69 Å². The number of hydrogen-bond acceptors (Lipinski definition) is 6. The Labute approximate surface area is 205 Å². The lowest BCUT2D eigenvalue weighted by molar-refractivity contribution is -0.384. The summed E-state index contributed by atoms with van der Waals surface area (Å²) in [5.41, 5.74) is 1.85. The first-order valence-corrected chi connectivity index (χ1v) is 11.3. The Bertz CT molecular complexity index is 1490. The molecule has 2 aromatic carbocycles. The van der Waals surface area contributed by atoms with Crippen molar-refractivity contribution in [2.45, 2.75) is 31.7 Å². The normalized spacial score (nSPS) is 15.2. The second-order valence-corrected chi connectivity index (χ2v) is 8.35. The molecule has 1 aromatic heterocycles. The molecule has 0 radical (unpaired) electrons. The van der Waals surface area contributed by atoms with E-state index in [9.17, 15) is 29.3 Å². The van der Waals surface area contributed by atoms with Crippen molar-refractivity contribution in [3.8, 4) is 11.8 Å². The molecule has 0 spiro atoms. The Balaban J connectivity index is 1.36. The zero-order valence-corrected chi connectivity index (χ0v) is 19.4. The van der Waals surface area contributed by atoms with Crippen molar-refractivity contribution in [2.24, 2.45) is 7.05 Å². The van der Waals surface area contributed by atoms with Gasteiger partial charge in [0.1, 0.15) is 6.04 Å². The van der Waals surface area contributed by atoms with Crippen LogP contribution in [0.2, 0.25) is 0 Å². The van der Waals surface area contributed by atoms with E-state index in [1.807, 2.05) is 0 Å². The molecule has 11 heteroatoms. The van der Waals surface area contributed by atoms with Crippen molar-refractivity contribution in [1.82, 2.24) is 19.8 Å². The van der Waals surface area contributed by atoms with E-state index in [4.69, 9.17) is 0 Å². The summed E-state index contributed by atoms with van der Waals surface area (Å²) >= 11 is 0. The summed E-state index contributed by atoms with van der Waals surface area (Å²) in [5.74, 6) is 4.96. The third-order valence-corrected chi connectivity index (χ3v) is 5.95. The Morgan fingerprint density at radius 2 is 1.92 bits per heavy atom. The lowest BCUT2D eigenvalue weighted by Gasteiger charge is -2.21. The quantitative estimate of drug-likeness (QED) is 0.178. The molecular formula is C25H23N5O6. The number of aryl methyl sites for hydroxylation is 1. The summed E-state index contributed by atoms with van der Waals surface area (Å²) in [6.07, 6.45) is 1.58. The molecule has 1 atom stereocenters. The number of hydrogen-bond donors (Lipinski definition) is 2. The minimum Gasteiger partial charge on any atom is -0.352 e. The van der Waals surface area contributed by atoms with E-state index in [0.717, 1.165) is 0 Å². The van der Waals surface area contributed by atoms with E-state index >= 15 is 0 Å². The Morgan fingerprint density at radius 1 is 1.17 bits per heavy atom. The van der Waals surface area contributed by atoms with Crippen LogP contribution in [0, 0.1) is 22.0 Å². The van der Waals surface area contributed by atoms with Crippen molar-refractivity contribution in [3.63, 3.8) is 0 Å². The molecule has 1 aliphatic rings. The van der Waals surface area contributed by atoms with Crippen LogP contribution in [0.3, 0.4) is 0 Å². The SMILES string of the molecule is Cn1c(=O)n(C2CCC(=O)NC2=O)c2ccc(C#CCCCNC(=O)c3ccc([N+](=O)[O-])cc3)cc21. The molecule has 2 N–H and O–H groups in total. The van der Waals surface area contributed by atoms with E-state index in [1.54, 1.807) is 25.2 Å². The fourth-order valence-corrected chi connectivity index (χ4v) is 4.05. The standard InChI is InChI=1S/C25H23N5O6/c1-28-21-15-16(6-11-19(21)29(25(28)34)20-12-13-22(31)27-24(20)33)5-3-2-4-14-26-23(32)17-7-9-18(10-8-17)30(35)36/h6-11,15,20H,2,4,12-14H2,1H3,(H,26,32)(H,27,31,33). The third-order valence-electron chi connectivity index (χ3n) is 5.95. The minimum atomic E-state index is -0.739. The lowest BCUT2D eigenvalue weighted by Crippen LogP contribution is -2.44. The predicted molar refractivity (Wildman–Crippen MR) is 130 cm³/mol. The number of nitro groups is 1. The number of piperidine rings is 1. The van der Waals surface area contributed by atoms with Gasteiger partial charge in [0.2, 0.25) is 11.8 Å². The monoisotopic (exact) mass is 489 g/mol. The number of rotatable bonds is 6. The van der Waals surface area contributed by atoms with Gasteiger partial charge in [-0.05, 0) is 43.2 Å². The highest BCUT2D eigenvalue weighted by Crippen LogP contribution is 2.23. The average molecular weight is 489 g/mol. The summed E-state index contributed by atoms with van der Waals surface area (Å²) in [7, 11) is 1.62. The lowest BCUT2D eigenvalue weighted by atomic mass is 10.1. The molecule has 184 valence electrons. The van der Waals surface area contributed by atoms with E-state index < -0.39 is 16.9 Å². The van der Waals surface area contributed by atoms with Crippen molar-refractivity contribution in [1.29, 1.82) is 0 Å². The molecule has 0 bridgehead atoms. The Hall–Kier alpha value is -4.72. The van der Waals surface area contributed by atoms with Crippen LogP contribution in [0.25, 0.3) is 11.0 Å². The first-order valence-electron chi connectivity index (χ1n) is 11.3. The first-order chi connectivity index (χ1) is 17.3. The number of fused-ring (bicyclic) bond motifs is 1. The van der Waals surface area contributed by atoms with Gasteiger partial charge in [-0.2, -0.15) is 0 Å². The van der Waals surface area contributed by atoms with Crippen LogP contribution in [0.15, 0.2) is 47.3 Å². The van der Waals surface area contributed by atoms with Gasteiger partial charge >= 0.3 is 5.69 Å². The van der Waals surface area contributed by atoms with Crippen LogP contribution >= 0.6 is 0 Å². The summed E-state index contributed by atoms with van der Waals surface area (Å²) < 4.78 is 2.87. The van der Waals surface area contributed by atoms with Gasteiger partial charge in [0, 0.05) is 49.7 Å². The van der Waals surface area contributed by atoms with E-state index in [0.29, 0.717) is 41.5 Å². The highest BCUT2D eigenvalue weighted by molar-refractivity contribution is 6.00. The van der Waals surface area contributed by atoms with Crippen molar-refractivity contribution in [3.05, 3.63) is 74.2 Å². The number of amides is 3. The number of nitro benzene ring substituents is 1. The van der Waals surface area contributed by atoms with Crippen LogP contribution < -0.4 is 16.3 Å². The van der Waals surface area contributed by atoms with Crippen LogP contribution in [-0.4, -0.2) is 38.3 Å². The number of carbonyl (C=O) groups excluding carboxylic acids is 3. The molecule has 36 heavy (non-hydrogen) atoms. The number of nitrogens with one attached hydrogen (secondary N) is 2. The number of non-ortho nitro benzene ring substituents is 1. The Morgan fingerprint density at radius 3 is 2.61 bits per heavy atom. The maximum atomic E-state index is 12.8. The fourth-order valence-electron chi connectivity index (χ4n) is 4.05. The molecule has 1 saturated heterocycles. The van der Waals surface area contributed by atoms with Gasteiger partial charge in [-0.3, -0.25) is 38.9 Å². The molecule has 0 aliphatic carbocycles. The summed E-state index contributed by atoms with van der Waals surface area (Å²) in [6, 6.07) is 9.94. The van der Waals surface area contributed by atoms with Gasteiger partial charge < -0.3 is 5.32 Å². The number of aromatic nitrogens is 2. The van der Waals surface area contributed by atoms with Gasteiger partial charge in [-0.15, -0.1) is 0 Å². The van der Waals surface area contributed by atoms with E-state index in [-0.39, 0.29) is 36.0 Å². The number of benzene rings is 2. The summed E-state index contributed by atoms with van der Waals surface area (Å²) in [4.78, 5) is 58.9. The number of imidazole rings is 1. The molecule has 1 aliphatic heterocycles. The summed E-state index contributed by atoms with van der Waals surface area (Å²) in [6.45, 7) is 0.396. The molecule has 1 fully saturated rings. The maximum absolute atomic E-state index is 12.8. The molecule has 0 saturated carbocycles. The second kappa shape index (κ2) is 10.3. The van der Waals surface area contributed by atoms with Crippen molar-refractivity contribution < 1.29 is 19.3 Å². The zero-order valence-electron chi connectivity index (χ0n) is 19.4. The highest BCUT2D eigenvalue weighted by Gasteiger charge is 2.31. The van der Waals surface area contributed by atoms with Gasteiger partial charge in [0.15, 0.2) is 0 Å². The van der Waals surface area contributed by atoms with Gasteiger partial charge in [-0.25, -0.2) is 4.79 Å². The Kier molecular flexibility index (Phi) is 6.96. The summed E-state index contributed by atoms with van der Waals surface area (Å²) in [5, 5.41) is 15.7. The third kappa shape index (κ3) is 5.02. The van der Waals surface area contributed by atoms with Crippen LogP contribution in [0.1, 0.15) is 47.6 Å². The zero-order chi connectivity index (χ0) is 25.8. The van der Waals surface area contributed by atoms with Crippen molar-refractivity contribution in [2.75, 3.05) is 6.54 Å². The van der Waals surface area contributed by atoms with Crippen LogP contribution in [-0.2, 0) is 16.6 Å². The molecule has 3 amide bonds. The average Bonchev–Trinajstić information content (AvgIpc) is 3.10. The number of imide groups is 1. The molecule has 1 unspecified atom stereocenters. The first kappa shape index (κ1) is 24.4. The van der Waals surface area contributed by atoms with Crippen molar-refractivity contribution >= 4 is 34.4 Å². The maximum Gasteiger partial charge on any atom is 0.329 e. The number of unbranched alkanes of at least 4 members (excludes halogenated alkanes) is 1.